The summed E-state index contributed by atoms with van der Waals surface area (Å²) in [4.78, 5) is 24.2. The fourth-order valence-electron chi connectivity index (χ4n) is 4.12. The second kappa shape index (κ2) is 6.85. The summed E-state index contributed by atoms with van der Waals surface area (Å²) >= 11 is 4.10. The summed E-state index contributed by atoms with van der Waals surface area (Å²) in [5.41, 5.74) is 0.321. The van der Waals surface area contributed by atoms with E-state index in [4.69, 9.17) is 14.0 Å². The van der Waals surface area contributed by atoms with Crippen LogP contribution in [0, 0.1) is 19.0 Å². The lowest BCUT2D eigenvalue weighted by atomic mass is 9.90. The Hall–Kier alpha value is -0.810. The van der Waals surface area contributed by atoms with Crippen LogP contribution in [0.25, 0.3) is 0 Å². The molecule has 29 heavy (non-hydrogen) atoms. The molecule has 2 bridgehead atoms. The van der Waals surface area contributed by atoms with Crippen molar-refractivity contribution < 1.29 is 45.6 Å². The average molecular weight is 656 g/mol. The first-order valence-electron chi connectivity index (χ1n) is 8.32. The van der Waals surface area contributed by atoms with Crippen molar-refractivity contribution in [3.8, 4) is 5.75 Å². The third-order valence-electron chi connectivity index (χ3n) is 5.43. The molecule has 13 heteroatoms. The molecule has 8 nitrogen and oxygen atoms in total. The van der Waals surface area contributed by atoms with Crippen molar-refractivity contribution in [3.05, 3.63) is 24.8 Å². The lowest BCUT2D eigenvalue weighted by molar-refractivity contribution is -0.202. The molecule has 4 unspecified atom stereocenters. The molecule has 0 saturated heterocycles. The number of halogens is 4. The number of benzene rings is 1. The number of fused-ring (bicyclic) bond motifs is 4. The summed E-state index contributed by atoms with van der Waals surface area (Å²) in [5.74, 6) is -4.67. The molecule has 2 fully saturated rings. The Labute approximate surface area is 190 Å². The molecule has 1 aliphatic heterocycles. The Morgan fingerprint density at radius 1 is 1.28 bits per heavy atom. The van der Waals surface area contributed by atoms with Gasteiger partial charge in [0.05, 0.1) is 0 Å². The third kappa shape index (κ3) is 3.31. The van der Waals surface area contributed by atoms with Gasteiger partial charge in [0.2, 0.25) is 0 Å². The standard InChI is InChI=1S/C16H12F2I2O8S/c17-16(18,29(23,24)25)14(22)26-10-4-7-3-6(10)5-15(7)27-9-2-1-8(19)12(20)11(9)13(21)28-15/h1-2,6-7,10H,3-5H2,(H,23,24,25). The second-order valence-corrected chi connectivity index (χ2v) is 10.8. The largest absolute Gasteiger partial charge is 0.465 e. The van der Waals surface area contributed by atoms with Crippen molar-refractivity contribution in [2.45, 2.75) is 36.4 Å². The molecule has 0 radical (unpaired) electrons. The third-order valence-corrected chi connectivity index (χ3v) is 9.29. The molecule has 3 aliphatic rings. The maximum Gasteiger partial charge on any atom is 0.465 e. The van der Waals surface area contributed by atoms with Crippen LogP contribution in [-0.2, 0) is 24.4 Å². The Morgan fingerprint density at radius 3 is 2.55 bits per heavy atom. The van der Waals surface area contributed by atoms with Gasteiger partial charge < -0.3 is 14.2 Å². The van der Waals surface area contributed by atoms with Gasteiger partial charge in [0.1, 0.15) is 17.4 Å². The summed E-state index contributed by atoms with van der Waals surface area (Å²) in [7, 11) is -5.93. The van der Waals surface area contributed by atoms with Crippen LogP contribution in [0.4, 0.5) is 8.78 Å². The van der Waals surface area contributed by atoms with Gasteiger partial charge in [0.15, 0.2) is 0 Å². The molecule has 0 amide bonds. The number of rotatable bonds is 3. The lowest BCUT2D eigenvalue weighted by Gasteiger charge is -2.42. The minimum absolute atomic E-state index is 0.0576. The van der Waals surface area contributed by atoms with Crippen LogP contribution in [0.2, 0.25) is 0 Å². The SMILES string of the molecule is O=C1OC2(CC3CC2CC3OC(=O)C(F)(F)S(=O)(=O)O)Oc2ccc(I)c(I)c21. The summed E-state index contributed by atoms with van der Waals surface area (Å²) in [6.07, 6.45) is -0.436. The van der Waals surface area contributed by atoms with Crippen LogP contribution in [0.15, 0.2) is 12.1 Å². The van der Waals surface area contributed by atoms with E-state index < -0.39 is 51.0 Å². The maximum atomic E-state index is 13.4. The maximum absolute atomic E-state index is 13.4. The highest BCUT2D eigenvalue weighted by molar-refractivity contribution is 14.1. The van der Waals surface area contributed by atoms with Crippen LogP contribution in [0.1, 0.15) is 29.6 Å². The van der Waals surface area contributed by atoms with E-state index in [0.717, 1.165) is 3.57 Å². The fraction of sp³-hybridized carbons (Fsp3) is 0.500. The van der Waals surface area contributed by atoms with Gasteiger partial charge in [0.25, 0.3) is 5.79 Å². The molecular formula is C16H12F2I2O8S. The van der Waals surface area contributed by atoms with E-state index in [1.807, 2.05) is 22.6 Å². The van der Waals surface area contributed by atoms with Crippen molar-refractivity contribution in [2.75, 3.05) is 0 Å². The topological polar surface area (TPSA) is 116 Å². The smallest absolute Gasteiger partial charge is 0.457 e. The van der Waals surface area contributed by atoms with Crippen molar-refractivity contribution in [1.29, 1.82) is 0 Å². The first-order chi connectivity index (χ1) is 13.4. The quantitative estimate of drug-likeness (QED) is 0.300. The van der Waals surface area contributed by atoms with E-state index in [0.29, 0.717) is 21.3 Å². The monoisotopic (exact) mass is 656 g/mol. The number of hydrogen-bond donors (Lipinski definition) is 1. The highest BCUT2D eigenvalue weighted by atomic mass is 127. The molecule has 4 atom stereocenters. The van der Waals surface area contributed by atoms with Gasteiger partial charge in [-0.05, 0) is 70.2 Å². The Bertz CT molecular complexity index is 1030. The van der Waals surface area contributed by atoms with Crippen molar-refractivity contribution >= 4 is 67.2 Å². The molecule has 1 aromatic rings. The molecule has 2 saturated carbocycles. The number of hydrogen-bond acceptors (Lipinski definition) is 7. The average Bonchev–Trinajstić information content (AvgIpc) is 3.14. The van der Waals surface area contributed by atoms with Crippen molar-refractivity contribution in [3.63, 3.8) is 0 Å². The molecule has 1 N–H and O–H groups in total. The second-order valence-electron chi connectivity index (χ2n) is 7.11. The van der Waals surface area contributed by atoms with Crippen LogP contribution < -0.4 is 4.74 Å². The van der Waals surface area contributed by atoms with Crippen LogP contribution in [-0.4, -0.2) is 42.1 Å². The molecule has 1 aromatic carbocycles. The summed E-state index contributed by atoms with van der Waals surface area (Å²) < 4.78 is 74.7. The normalized spacial score (nSPS) is 30.7. The summed E-state index contributed by atoms with van der Waals surface area (Å²) in [6.45, 7) is 0. The zero-order valence-electron chi connectivity index (χ0n) is 14.2. The highest BCUT2D eigenvalue weighted by Crippen LogP contribution is 2.56. The van der Waals surface area contributed by atoms with Gasteiger partial charge in [-0.2, -0.15) is 17.2 Å². The van der Waals surface area contributed by atoms with E-state index in [1.165, 1.54) is 0 Å². The number of esters is 2. The van der Waals surface area contributed by atoms with E-state index >= 15 is 0 Å². The van der Waals surface area contributed by atoms with Crippen LogP contribution in [0.3, 0.4) is 0 Å². The Morgan fingerprint density at radius 2 is 1.97 bits per heavy atom. The highest BCUT2D eigenvalue weighted by Gasteiger charge is 2.64. The van der Waals surface area contributed by atoms with E-state index in [-0.39, 0.29) is 12.8 Å². The van der Waals surface area contributed by atoms with Crippen molar-refractivity contribution in [2.24, 2.45) is 11.8 Å². The number of carbonyl (C=O) groups excluding carboxylic acids is 2. The van der Waals surface area contributed by atoms with Gasteiger partial charge >= 0.3 is 27.3 Å². The van der Waals surface area contributed by atoms with E-state index in [1.54, 1.807) is 12.1 Å². The summed E-state index contributed by atoms with van der Waals surface area (Å²) in [6, 6.07) is 3.46. The zero-order valence-corrected chi connectivity index (χ0v) is 19.4. The minimum atomic E-state index is -5.93. The number of alkyl halides is 2. The van der Waals surface area contributed by atoms with Gasteiger partial charge in [-0.1, -0.05) is 0 Å². The Balaban J connectivity index is 1.52. The molecule has 2 aliphatic carbocycles. The Kier molecular flexibility index (Phi) is 5.06. The van der Waals surface area contributed by atoms with Crippen LogP contribution >= 0.6 is 45.2 Å². The minimum Gasteiger partial charge on any atom is -0.457 e. The van der Waals surface area contributed by atoms with Gasteiger partial charge in [0, 0.05) is 25.4 Å². The van der Waals surface area contributed by atoms with E-state index in [2.05, 4.69) is 27.3 Å². The molecule has 4 rings (SSSR count). The van der Waals surface area contributed by atoms with Crippen LogP contribution in [0.5, 0.6) is 5.75 Å². The first kappa shape index (κ1) is 21.4. The van der Waals surface area contributed by atoms with Gasteiger partial charge in [-0.3, -0.25) is 4.55 Å². The summed E-state index contributed by atoms with van der Waals surface area (Å²) in [5, 5.41) is -5.05. The predicted molar refractivity (Wildman–Crippen MR) is 108 cm³/mol. The van der Waals surface area contributed by atoms with Gasteiger partial charge in [-0.25, -0.2) is 9.59 Å². The number of carbonyl (C=O) groups is 2. The molecule has 1 spiro atoms. The predicted octanol–water partition coefficient (Wildman–Crippen LogP) is 2.96. The van der Waals surface area contributed by atoms with Gasteiger partial charge in [-0.15, -0.1) is 0 Å². The first-order valence-corrected chi connectivity index (χ1v) is 11.9. The molecule has 158 valence electrons. The fourth-order valence-corrected chi connectivity index (χ4v) is 5.50. The zero-order chi connectivity index (χ0) is 21.4. The van der Waals surface area contributed by atoms with Crippen molar-refractivity contribution in [1.82, 2.24) is 0 Å². The van der Waals surface area contributed by atoms with E-state index in [9.17, 15) is 26.8 Å². The lowest BCUT2D eigenvalue weighted by Crippen LogP contribution is -2.51. The number of ether oxygens (including phenoxy) is 3. The molecule has 1 heterocycles. The molecule has 0 aromatic heterocycles. The molecular weight excluding hydrogens is 644 g/mol.